The standard InChI is InChI=1S/C18H19FN2O3/c19-15-8-4-1-5-12(15)11-20-16(22)9-10-21-17(23)13-6-2-3-7-14(13)18(21)24/h1-5,8,13-14H,6-7,9-11H2,(H,20,22)/t13-,14-/m0/s1. The fourth-order valence-electron chi connectivity index (χ4n) is 3.23. The number of amides is 3. The summed E-state index contributed by atoms with van der Waals surface area (Å²) in [4.78, 5) is 37.7. The molecule has 0 bridgehead atoms. The van der Waals surface area contributed by atoms with Crippen LogP contribution in [-0.2, 0) is 20.9 Å². The third-order valence-corrected chi connectivity index (χ3v) is 4.60. The number of allylic oxidation sites excluding steroid dienone is 2. The van der Waals surface area contributed by atoms with Gasteiger partial charge in [-0.2, -0.15) is 0 Å². The van der Waals surface area contributed by atoms with E-state index in [2.05, 4.69) is 5.32 Å². The van der Waals surface area contributed by atoms with Gasteiger partial charge in [0.2, 0.25) is 17.7 Å². The van der Waals surface area contributed by atoms with Gasteiger partial charge < -0.3 is 5.32 Å². The van der Waals surface area contributed by atoms with E-state index in [4.69, 9.17) is 0 Å². The van der Waals surface area contributed by atoms with Crippen LogP contribution in [0, 0.1) is 17.7 Å². The molecule has 1 heterocycles. The Morgan fingerprint density at radius 3 is 2.38 bits per heavy atom. The van der Waals surface area contributed by atoms with E-state index in [0.29, 0.717) is 18.4 Å². The molecular formula is C18H19FN2O3. The summed E-state index contributed by atoms with van der Waals surface area (Å²) in [5.74, 6) is -1.61. The Morgan fingerprint density at radius 2 is 1.75 bits per heavy atom. The van der Waals surface area contributed by atoms with E-state index >= 15 is 0 Å². The first-order valence-corrected chi connectivity index (χ1v) is 8.08. The maximum absolute atomic E-state index is 13.5. The zero-order chi connectivity index (χ0) is 17.1. The van der Waals surface area contributed by atoms with E-state index in [1.54, 1.807) is 18.2 Å². The fraction of sp³-hybridized carbons (Fsp3) is 0.389. The molecule has 1 saturated heterocycles. The second-order valence-electron chi connectivity index (χ2n) is 6.10. The number of nitrogens with one attached hydrogen (secondary N) is 1. The molecule has 0 unspecified atom stereocenters. The van der Waals surface area contributed by atoms with Gasteiger partial charge in [-0.05, 0) is 18.9 Å². The minimum Gasteiger partial charge on any atom is -0.352 e. The largest absolute Gasteiger partial charge is 0.352 e. The van der Waals surface area contributed by atoms with E-state index < -0.39 is 0 Å². The van der Waals surface area contributed by atoms with Crippen molar-refractivity contribution < 1.29 is 18.8 Å². The molecule has 1 aromatic carbocycles. The van der Waals surface area contributed by atoms with E-state index in [1.807, 2.05) is 12.2 Å². The second-order valence-corrected chi connectivity index (χ2v) is 6.10. The second kappa shape index (κ2) is 6.95. The first-order valence-electron chi connectivity index (χ1n) is 8.08. The monoisotopic (exact) mass is 330 g/mol. The predicted octanol–water partition coefficient (Wildman–Crippen LogP) is 1.78. The summed E-state index contributed by atoms with van der Waals surface area (Å²) in [5.41, 5.74) is 0.399. The summed E-state index contributed by atoms with van der Waals surface area (Å²) in [6.45, 7) is 0.163. The molecular weight excluding hydrogens is 311 g/mol. The number of carbonyl (C=O) groups is 3. The molecule has 0 spiro atoms. The van der Waals surface area contributed by atoms with Gasteiger partial charge in [-0.25, -0.2) is 4.39 Å². The molecule has 5 nitrogen and oxygen atoms in total. The Kier molecular flexibility index (Phi) is 4.74. The van der Waals surface area contributed by atoms with Crippen molar-refractivity contribution >= 4 is 17.7 Å². The topological polar surface area (TPSA) is 66.5 Å². The molecule has 1 aromatic rings. The van der Waals surface area contributed by atoms with E-state index in [9.17, 15) is 18.8 Å². The van der Waals surface area contributed by atoms with Crippen molar-refractivity contribution in [3.63, 3.8) is 0 Å². The summed E-state index contributed by atoms with van der Waals surface area (Å²) in [5, 5.41) is 2.62. The van der Waals surface area contributed by atoms with Gasteiger partial charge in [-0.1, -0.05) is 30.4 Å². The zero-order valence-corrected chi connectivity index (χ0v) is 13.2. The maximum Gasteiger partial charge on any atom is 0.233 e. The number of fused-ring (bicyclic) bond motifs is 1. The minimum absolute atomic E-state index is 0.0266. The Bertz CT molecular complexity index is 675. The molecule has 0 aromatic heterocycles. The SMILES string of the molecule is O=C(CCN1C(=O)[C@H]2CC=CC[C@@H]2C1=O)NCc1ccccc1F. The Morgan fingerprint density at radius 1 is 1.12 bits per heavy atom. The summed E-state index contributed by atoms with van der Waals surface area (Å²) < 4.78 is 13.5. The fourth-order valence-corrected chi connectivity index (χ4v) is 3.23. The minimum atomic E-state index is -0.376. The predicted molar refractivity (Wildman–Crippen MR) is 84.9 cm³/mol. The number of rotatable bonds is 5. The van der Waals surface area contributed by atoms with Crippen molar-refractivity contribution in [2.45, 2.75) is 25.8 Å². The first-order chi connectivity index (χ1) is 11.6. The van der Waals surface area contributed by atoms with Crippen LogP contribution in [0.25, 0.3) is 0 Å². The molecule has 1 aliphatic carbocycles. The molecule has 1 fully saturated rings. The van der Waals surface area contributed by atoms with E-state index in [0.717, 1.165) is 0 Å². The first kappa shape index (κ1) is 16.4. The van der Waals surface area contributed by atoms with Crippen molar-refractivity contribution in [2.75, 3.05) is 6.54 Å². The number of halogens is 1. The number of imide groups is 1. The third kappa shape index (κ3) is 3.22. The van der Waals surface area contributed by atoms with Gasteiger partial charge in [-0.15, -0.1) is 0 Å². The van der Waals surface area contributed by atoms with Crippen molar-refractivity contribution in [2.24, 2.45) is 11.8 Å². The summed E-state index contributed by atoms with van der Waals surface area (Å²) >= 11 is 0. The number of benzene rings is 1. The number of hydrogen-bond acceptors (Lipinski definition) is 3. The molecule has 126 valence electrons. The normalized spacial score (nSPS) is 22.6. The van der Waals surface area contributed by atoms with Gasteiger partial charge >= 0.3 is 0 Å². The highest BCUT2D eigenvalue weighted by Gasteiger charge is 2.46. The molecule has 0 radical (unpaired) electrons. The van der Waals surface area contributed by atoms with Gasteiger partial charge in [0.05, 0.1) is 11.8 Å². The highest BCUT2D eigenvalue weighted by atomic mass is 19.1. The van der Waals surface area contributed by atoms with Crippen LogP contribution < -0.4 is 5.32 Å². The van der Waals surface area contributed by atoms with Crippen LogP contribution in [0.3, 0.4) is 0 Å². The molecule has 1 aliphatic heterocycles. The maximum atomic E-state index is 13.5. The van der Waals surface area contributed by atoms with Crippen LogP contribution in [0.15, 0.2) is 36.4 Å². The molecule has 3 amide bonds. The summed E-state index contributed by atoms with van der Waals surface area (Å²) in [6, 6.07) is 6.21. The van der Waals surface area contributed by atoms with Gasteiger partial charge in [0.15, 0.2) is 0 Å². The van der Waals surface area contributed by atoms with Gasteiger partial charge in [0, 0.05) is 25.1 Å². The molecule has 24 heavy (non-hydrogen) atoms. The molecule has 0 saturated carbocycles. The number of carbonyl (C=O) groups excluding carboxylic acids is 3. The van der Waals surface area contributed by atoms with Gasteiger partial charge in [-0.3, -0.25) is 19.3 Å². The molecule has 6 heteroatoms. The van der Waals surface area contributed by atoms with E-state index in [1.165, 1.54) is 11.0 Å². The molecule has 2 atom stereocenters. The molecule has 2 aliphatic rings. The lowest BCUT2D eigenvalue weighted by Crippen LogP contribution is -2.35. The number of hydrogen-bond donors (Lipinski definition) is 1. The average molecular weight is 330 g/mol. The quantitative estimate of drug-likeness (QED) is 0.661. The summed E-state index contributed by atoms with van der Waals surface area (Å²) in [6.07, 6.45) is 5.06. The third-order valence-electron chi connectivity index (χ3n) is 4.60. The highest BCUT2D eigenvalue weighted by Crippen LogP contribution is 2.34. The van der Waals surface area contributed by atoms with Crippen molar-refractivity contribution in [1.29, 1.82) is 0 Å². The van der Waals surface area contributed by atoms with Crippen molar-refractivity contribution in [3.8, 4) is 0 Å². The van der Waals surface area contributed by atoms with Crippen molar-refractivity contribution in [1.82, 2.24) is 10.2 Å². The van der Waals surface area contributed by atoms with Crippen LogP contribution in [0.2, 0.25) is 0 Å². The summed E-state index contributed by atoms with van der Waals surface area (Å²) in [7, 11) is 0. The van der Waals surface area contributed by atoms with Crippen LogP contribution in [0.4, 0.5) is 4.39 Å². The lowest BCUT2D eigenvalue weighted by molar-refractivity contribution is -0.140. The molecule has 1 N–H and O–H groups in total. The Labute approximate surface area is 139 Å². The Balaban J connectivity index is 1.51. The lowest BCUT2D eigenvalue weighted by atomic mass is 9.85. The van der Waals surface area contributed by atoms with Gasteiger partial charge in [0.1, 0.15) is 5.82 Å². The van der Waals surface area contributed by atoms with Crippen LogP contribution >= 0.6 is 0 Å². The zero-order valence-electron chi connectivity index (χ0n) is 13.2. The Hall–Kier alpha value is -2.50. The van der Waals surface area contributed by atoms with Crippen LogP contribution in [-0.4, -0.2) is 29.2 Å². The highest BCUT2D eigenvalue weighted by molar-refractivity contribution is 6.05. The molecule has 3 rings (SSSR count). The van der Waals surface area contributed by atoms with Gasteiger partial charge in [0.25, 0.3) is 0 Å². The average Bonchev–Trinajstić information content (AvgIpc) is 2.84. The van der Waals surface area contributed by atoms with Crippen LogP contribution in [0.1, 0.15) is 24.8 Å². The lowest BCUT2D eigenvalue weighted by Gasteiger charge is -2.14. The number of nitrogens with zero attached hydrogens (tertiary/aromatic N) is 1. The van der Waals surface area contributed by atoms with Crippen molar-refractivity contribution in [3.05, 3.63) is 47.8 Å². The van der Waals surface area contributed by atoms with Crippen LogP contribution in [0.5, 0.6) is 0 Å². The smallest absolute Gasteiger partial charge is 0.233 e. The van der Waals surface area contributed by atoms with E-state index in [-0.39, 0.29) is 54.9 Å². The number of likely N-dealkylation sites (tertiary alicyclic amines) is 1.